The van der Waals surface area contributed by atoms with Crippen molar-refractivity contribution in [2.75, 3.05) is 5.32 Å². The summed E-state index contributed by atoms with van der Waals surface area (Å²) in [6.07, 6.45) is -1.51. The molecule has 0 fully saturated rings. The second-order valence-electron chi connectivity index (χ2n) is 10.3. The number of fused-ring (bicyclic) bond motifs is 3. The number of imidazole rings is 1. The Kier molecular flexibility index (Phi) is 7.72. The van der Waals surface area contributed by atoms with Gasteiger partial charge in [0.25, 0.3) is 5.91 Å². The van der Waals surface area contributed by atoms with E-state index in [0.29, 0.717) is 22.5 Å². The minimum absolute atomic E-state index is 0.0544. The molecule has 1 unspecified atom stereocenters. The average molecular weight is 614 g/mol. The first kappa shape index (κ1) is 28.8. The van der Waals surface area contributed by atoms with Crippen LogP contribution in [0.1, 0.15) is 17.8 Å². The highest BCUT2D eigenvalue weighted by atomic mass is 32.2. The summed E-state index contributed by atoms with van der Waals surface area (Å²) in [5.74, 6) is -1.44. The molecule has 0 saturated carbocycles. The number of carboxylic acids is 1. The third-order valence-corrected chi connectivity index (χ3v) is 8.66. The van der Waals surface area contributed by atoms with Gasteiger partial charge in [-0.1, -0.05) is 48.5 Å². The van der Waals surface area contributed by atoms with Crippen LogP contribution in [-0.2, 0) is 37.4 Å². The van der Waals surface area contributed by atoms with Crippen LogP contribution in [0.4, 0.5) is 5.69 Å². The fourth-order valence-corrected chi connectivity index (χ4v) is 6.20. The number of ether oxygens (including phenoxy) is 1. The highest BCUT2D eigenvalue weighted by molar-refractivity contribution is 7.89. The molecule has 12 nitrogen and oxygen atoms in total. The minimum Gasteiger partial charge on any atom is -0.480 e. The maximum absolute atomic E-state index is 13.1. The molecule has 0 bridgehead atoms. The maximum Gasteiger partial charge on any atom is 0.322 e. The van der Waals surface area contributed by atoms with Crippen molar-refractivity contribution in [2.24, 2.45) is 0 Å². The maximum atomic E-state index is 13.1. The largest absolute Gasteiger partial charge is 0.480 e. The van der Waals surface area contributed by atoms with E-state index >= 15 is 0 Å². The second-order valence-corrected chi connectivity index (χ2v) is 12.0. The van der Waals surface area contributed by atoms with Gasteiger partial charge in [0.05, 0.1) is 34.6 Å². The minimum atomic E-state index is -4.16. The molecule has 4 aromatic carbocycles. The number of benzene rings is 4. The first-order valence-electron chi connectivity index (χ1n) is 13.7. The number of aromatic nitrogens is 2. The smallest absolute Gasteiger partial charge is 0.322 e. The number of nitrogens with one attached hydrogen (secondary N) is 4. The summed E-state index contributed by atoms with van der Waals surface area (Å²) >= 11 is 0. The van der Waals surface area contributed by atoms with Crippen molar-refractivity contribution < 1.29 is 32.6 Å². The number of aromatic amines is 1. The molecule has 2 atom stereocenters. The van der Waals surface area contributed by atoms with Gasteiger partial charge >= 0.3 is 5.97 Å². The number of para-hydroxylation sites is 2. The normalized spacial score (nSPS) is 15.3. The van der Waals surface area contributed by atoms with Gasteiger partial charge in [-0.2, -0.15) is 4.72 Å². The summed E-state index contributed by atoms with van der Waals surface area (Å²) in [4.78, 5) is 44.8. The van der Waals surface area contributed by atoms with Crippen molar-refractivity contribution >= 4 is 55.3 Å². The van der Waals surface area contributed by atoms with Crippen LogP contribution in [0, 0.1) is 0 Å². The first-order valence-corrected chi connectivity index (χ1v) is 15.2. The lowest BCUT2D eigenvalue weighted by Crippen LogP contribution is -2.42. The summed E-state index contributed by atoms with van der Waals surface area (Å²) < 4.78 is 34.2. The number of hydrogen-bond donors (Lipinski definition) is 5. The van der Waals surface area contributed by atoms with E-state index < -0.39 is 40.0 Å². The van der Waals surface area contributed by atoms with E-state index in [-0.39, 0.29) is 30.0 Å². The number of sulfonamides is 1. The second kappa shape index (κ2) is 11.8. The van der Waals surface area contributed by atoms with Crippen molar-refractivity contribution in [1.29, 1.82) is 0 Å². The molecule has 5 aromatic rings. The quantitative estimate of drug-likeness (QED) is 0.159. The van der Waals surface area contributed by atoms with Crippen LogP contribution >= 0.6 is 0 Å². The molecule has 0 aliphatic carbocycles. The zero-order chi connectivity index (χ0) is 30.8. The zero-order valence-corrected chi connectivity index (χ0v) is 23.9. The Morgan fingerprint density at radius 2 is 1.75 bits per heavy atom. The molecule has 1 aromatic heterocycles. The Labute approximate surface area is 251 Å². The number of amides is 2. The van der Waals surface area contributed by atoms with Crippen molar-refractivity contribution in [1.82, 2.24) is 20.0 Å². The van der Waals surface area contributed by atoms with Crippen molar-refractivity contribution in [3.63, 3.8) is 0 Å². The number of carbonyl (C=O) groups is 3. The van der Waals surface area contributed by atoms with Crippen LogP contribution < -0.4 is 20.1 Å². The number of anilines is 1. The predicted molar refractivity (Wildman–Crippen MR) is 161 cm³/mol. The Balaban J connectivity index is 1.09. The summed E-state index contributed by atoms with van der Waals surface area (Å²) in [5.41, 5.74) is 2.36. The highest BCUT2D eigenvalue weighted by Crippen LogP contribution is 2.32. The molecule has 1 aliphatic rings. The molecule has 6 rings (SSSR count). The van der Waals surface area contributed by atoms with Crippen LogP contribution in [0.5, 0.6) is 5.75 Å². The highest BCUT2D eigenvalue weighted by Gasteiger charge is 2.31. The van der Waals surface area contributed by atoms with Gasteiger partial charge in [-0.15, -0.1) is 0 Å². The Morgan fingerprint density at radius 3 is 2.55 bits per heavy atom. The van der Waals surface area contributed by atoms with Gasteiger partial charge in [0.1, 0.15) is 17.6 Å². The van der Waals surface area contributed by atoms with E-state index in [2.05, 4.69) is 25.3 Å². The van der Waals surface area contributed by atoms with Gasteiger partial charge in [0, 0.05) is 0 Å². The molecule has 0 saturated heterocycles. The molecule has 1 aliphatic heterocycles. The van der Waals surface area contributed by atoms with Gasteiger partial charge in [0.15, 0.2) is 6.10 Å². The standard InChI is InChI=1S/C31H27N5O7S/c37-29(32-17-28-33-22-7-3-4-8-23(22)34-28)16-27-30(38)35-24-13-18(9-12-26(24)43-27)14-25(31(39)40)36-44(41,42)21-11-10-19-5-1-2-6-20(19)15-21/h1-13,15,25,27,36H,14,16-17H2,(H,32,37)(H,33,34)(H,35,38)(H,39,40)/t25-,27?/m0/s1. The number of H-pyrrole nitrogens is 1. The molecule has 5 N–H and O–H groups in total. The lowest BCUT2D eigenvalue weighted by molar-refractivity contribution is -0.139. The molecule has 44 heavy (non-hydrogen) atoms. The van der Waals surface area contributed by atoms with E-state index in [9.17, 15) is 27.9 Å². The SMILES string of the molecule is O=C(CC1Oc2ccc(C[C@H](NS(=O)(=O)c3ccc4ccccc4c3)C(=O)O)cc2NC1=O)NCc1nc2ccccc2[nH]1. The third kappa shape index (κ3) is 6.23. The monoisotopic (exact) mass is 613 g/mol. The number of nitrogens with zero attached hydrogens (tertiary/aromatic N) is 1. The topological polar surface area (TPSA) is 180 Å². The predicted octanol–water partition coefficient (Wildman–Crippen LogP) is 3.10. The van der Waals surface area contributed by atoms with Crippen LogP contribution in [0.25, 0.3) is 21.8 Å². The van der Waals surface area contributed by atoms with Crippen LogP contribution in [0.15, 0.2) is 89.8 Å². The van der Waals surface area contributed by atoms with E-state index in [1.165, 1.54) is 18.2 Å². The molecular formula is C31H27N5O7S. The van der Waals surface area contributed by atoms with Gasteiger partial charge in [0.2, 0.25) is 15.9 Å². The molecule has 224 valence electrons. The van der Waals surface area contributed by atoms with Crippen molar-refractivity contribution in [3.05, 3.63) is 96.3 Å². The summed E-state index contributed by atoms with van der Waals surface area (Å²) in [7, 11) is -4.16. The number of hydrogen-bond acceptors (Lipinski definition) is 7. The Morgan fingerprint density at radius 1 is 0.977 bits per heavy atom. The zero-order valence-electron chi connectivity index (χ0n) is 23.1. The number of aliphatic carboxylic acids is 1. The lowest BCUT2D eigenvalue weighted by Gasteiger charge is -2.26. The third-order valence-electron chi connectivity index (χ3n) is 7.19. The fraction of sp³-hybridized carbons (Fsp3) is 0.161. The van der Waals surface area contributed by atoms with Crippen molar-refractivity contribution in [3.8, 4) is 5.75 Å². The first-order chi connectivity index (χ1) is 21.1. The molecule has 13 heteroatoms. The van der Waals surface area contributed by atoms with Gasteiger partial charge in [-0.3, -0.25) is 14.4 Å². The van der Waals surface area contributed by atoms with Gasteiger partial charge in [-0.05, 0) is 59.2 Å². The van der Waals surface area contributed by atoms with Crippen LogP contribution in [-0.4, -0.2) is 53.4 Å². The van der Waals surface area contributed by atoms with E-state index in [1.807, 2.05) is 36.4 Å². The molecule has 2 heterocycles. The summed E-state index contributed by atoms with van der Waals surface area (Å²) in [5, 5.41) is 16.8. The summed E-state index contributed by atoms with van der Waals surface area (Å²) in [6, 6.07) is 22.4. The summed E-state index contributed by atoms with van der Waals surface area (Å²) in [6.45, 7) is 0.150. The van der Waals surface area contributed by atoms with E-state index in [4.69, 9.17) is 4.74 Å². The fourth-order valence-electron chi connectivity index (χ4n) is 4.98. The number of rotatable bonds is 10. The Bertz CT molecular complexity index is 1990. The molecule has 2 amide bonds. The Hall–Kier alpha value is -5.27. The molecule has 0 radical (unpaired) electrons. The van der Waals surface area contributed by atoms with E-state index in [0.717, 1.165) is 16.4 Å². The average Bonchev–Trinajstić information content (AvgIpc) is 3.43. The van der Waals surface area contributed by atoms with E-state index in [1.54, 1.807) is 30.3 Å². The van der Waals surface area contributed by atoms with Crippen LogP contribution in [0.3, 0.4) is 0 Å². The molecule has 0 spiro atoms. The number of carboxylic acid groups (broad SMARTS) is 1. The lowest BCUT2D eigenvalue weighted by atomic mass is 10.0. The number of carbonyl (C=O) groups excluding carboxylic acids is 2. The van der Waals surface area contributed by atoms with Crippen LogP contribution in [0.2, 0.25) is 0 Å². The molecular weight excluding hydrogens is 586 g/mol. The van der Waals surface area contributed by atoms with Gasteiger partial charge in [-0.25, -0.2) is 13.4 Å². The van der Waals surface area contributed by atoms with Gasteiger partial charge < -0.3 is 25.5 Å². The van der Waals surface area contributed by atoms with Crippen molar-refractivity contribution in [2.45, 2.75) is 36.4 Å².